The number of nitrogens with one attached hydrogen (secondary N) is 1. The van der Waals surface area contributed by atoms with Gasteiger partial charge in [-0.25, -0.2) is 0 Å². The Hall–Kier alpha value is -3.66. The number of hydrogen-bond acceptors (Lipinski definition) is 5. The highest BCUT2D eigenvalue weighted by molar-refractivity contribution is 7.99. The van der Waals surface area contributed by atoms with Crippen LogP contribution in [-0.2, 0) is 11.0 Å². The lowest BCUT2D eigenvalue weighted by molar-refractivity contribution is -0.137. The minimum Gasteiger partial charge on any atom is -0.325 e. The Morgan fingerprint density at radius 3 is 2.53 bits per heavy atom. The molecule has 1 amide bonds. The minimum atomic E-state index is -4.48. The first-order valence-electron chi connectivity index (χ1n) is 9.43. The topological polar surface area (TPSA) is 72.7 Å². The van der Waals surface area contributed by atoms with Crippen molar-refractivity contribution in [3.05, 3.63) is 84.7 Å². The molecule has 2 aromatic heterocycles. The van der Waals surface area contributed by atoms with Crippen LogP contribution >= 0.6 is 11.8 Å². The average molecular weight is 455 g/mol. The van der Waals surface area contributed by atoms with Gasteiger partial charge in [-0.05, 0) is 42.5 Å². The number of carbonyl (C=O) groups is 1. The van der Waals surface area contributed by atoms with Gasteiger partial charge in [-0.15, -0.1) is 10.2 Å². The molecule has 0 aliphatic carbocycles. The lowest BCUT2D eigenvalue weighted by Gasteiger charge is -2.11. The zero-order valence-electron chi connectivity index (χ0n) is 16.5. The molecule has 0 saturated heterocycles. The molecule has 162 valence electrons. The maximum absolute atomic E-state index is 12.9. The van der Waals surface area contributed by atoms with E-state index in [1.54, 1.807) is 23.0 Å². The number of aromatic nitrogens is 4. The number of hydrogen-bond donors (Lipinski definition) is 1. The second-order valence-electron chi connectivity index (χ2n) is 6.63. The molecule has 0 radical (unpaired) electrons. The van der Waals surface area contributed by atoms with Crippen molar-refractivity contribution in [2.24, 2.45) is 0 Å². The highest BCUT2D eigenvalue weighted by Crippen LogP contribution is 2.31. The SMILES string of the molecule is O=C(CSc1nnc(-c2cccnc2)n1-c1ccccc1)Nc1cccc(C(F)(F)F)c1. The van der Waals surface area contributed by atoms with Gasteiger partial charge < -0.3 is 5.32 Å². The van der Waals surface area contributed by atoms with Gasteiger partial charge in [-0.1, -0.05) is 36.0 Å². The van der Waals surface area contributed by atoms with E-state index in [4.69, 9.17) is 0 Å². The van der Waals surface area contributed by atoms with Crippen LogP contribution in [0.1, 0.15) is 5.56 Å². The van der Waals surface area contributed by atoms with E-state index < -0.39 is 17.6 Å². The van der Waals surface area contributed by atoms with Gasteiger partial charge in [0.1, 0.15) is 0 Å². The van der Waals surface area contributed by atoms with Crippen molar-refractivity contribution < 1.29 is 18.0 Å². The molecule has 6 nitrogen and oxygen atoms in total. The van der Waals surface area contributed by atoms with Gasteiger partial charge in [0.25, 0.3) is 0 Å². The number of benzene rings is 2. The number of nitrogens with zero attached hydrogens (tertiary/aromatic N) is 4. The summed E-state index contributed by atoms with van der Waals surface area (Å²) in [6.45, 7) is 0. The molecule has 10 heteroatoms. The summed E-state index contributed by atoms with van der Waals surface area (Å²) in [6.07, 6.45) is -1.16. The van der Waals surface area contributed by atoms with Gasteiger partial charge in [0.05, 0.1) is 11.3 Å². The number of rotatable bonds is 6. The summed E-state index contributed by atoms with van der Waals surface area (Å²) < 4.78 is 40.5. The van der Waals surface area contributed by atoms with Crippen molar-refractivity contribution in [1.82, 2.24) is 19.7 Å². The first-order valence-corrected chi connectivity index (χ1v) is 10.4. The number of pyridine rings is 1. The van der Waals surface area contributed by atoms with Gasteiger partial charge in [-0.2, -0.15) is 13.2 Å². The zero-order chi connectivity index (χ0) is 22.6. The summed E-state index contributed by atoms with van der Waals surface area (Å²) in [5.74, 6) is 0.0405. The van der Waals surface area contributed by atoms with Crippen molar-refractivity contribution in [3.8, 4) is 17.1 Å². The zero-order valence-corrected chi connectivity index (χ0v) is 17.3. The fraction of sp³-hybridized carbons (Fsp3) is 0.0909. The van der Waals surface area contributed by atoms with Gasteiger partial charge in [0.2, 0.25) is 5.91 Å². The predicted octanol–water partition coefficient (Wildman–Crippen LogP) is 5.08. The largest absolute Gasteiger partial charge is 0.416 e. The van der Waals surface area contributed by atoms with Gasteiger partial charge in [0.15, 0.2) is 11.0 Å². The fourth-order valence-electron chi connectivity index (χ4n) is 2.96. The monoisotopic (exact) mass is 455 g/mol. The van der Waals surface area contributed by atoms with E-state index >= 15 is 0 Å². The van der Waals surface area contributed by atoms with Gasteiger partial charge in [-0.3, -0.25) is 14.3 Å². The Labute approximate surface area is 185 Å². The fourth-order valence-corrected chi connectivity index (χ4v) is 3.71. The normalized spacial score (nSPS) is 11.3. The van der Waals surface area contributed by atoms with Crippen LogP contribution in [0.5, 0.6) is 0 Å². The number of thioether (sulfide) groups is 1. The standard InChI is InChI=1S/C22H16F3N5OS/c23-22(24,25)16-7-4-8-17(12-16)27-19(31)14-32-21-29-28-20(15-6-5-11-26-13-15)30(21)18-9-2-1-3-10-18/h1-13H,14H2,(H,27,31). The molecule has 32 heavy (non-hydrogen) atoms. The molecule has 4 aromatic rings. The molecule has 0 aliphatic rings. The van der Waals surface area contributed by atoms with Crippen molar-refractivity contribution in [1.29, 1.82) is 0 Å². The maximum Gasteiger partial charge on any atom is 0.416 e. The second-order valence-corrected chi connectivity index (χ2v) is 7.58. The molecule has 1 N–H and O–H groups in total. The summed E-state index contributed by atoms with van der Waals surface area (Å²) in [6, 6.07) is 17.5. The van der Waals surface area contributed by atoms with Crippen LogP contribution < -0.4 is 5.32 Å². The molecule has 0 saturated carbocycles. The maximum atomic E-state index is 12.9. The minimum absolute atomic E-state index is 0.0613. The van der Waals surface area contributed by atoms with E-state index in [1.807, 2.05) is 36.4 Å². The summed E-state index contributed by atoms with van der Waals surface area (Å²) in [5.41, 5.74) is 0.806. The smallest absolute Gasteiger partial charge is 0.325 e. The van der Waals surface area contributed by atoms with Crippen LogP contribution in [0.15, 0.2) is 84.3 Å². The van der Waals surface area contributed by atoms with E-state index in [2.05, 4.69) is 20.5 Å². The number of para-hydroxylation sites is 1. The Kier molecular flexibility index (Phi) is 6.22. The van der Waals surface area contributed by atoms with Crippen LogP contribution in [0.2, 0.25) is 0 Å². The lowest BCUT2D eigenvalue weighted by Crippen LogP contribution is -2.15. The van der Waals surface area contributed by atoms with E-state index in [-0.39, 0.29) is 11.4 Å². The third-order valence-electron chi connectivity index (χ3n) is 4.37. The molecule has 4 rings (SSSR count). The lowest BCUT2D eigenvalue weighted by atomic mass is 10.2. The highest BCUT2D eigenvalue weighted by Gasteiger charge is 2.30. The molecule has 2 heterocycles. The molecule has 0 aliphatic heterocycles. The van der Waals surface area contributed by atoms with Crippen LogP contribution in [-0.4, -0.2) is 31.4 Å². The third-order valence-corrected chi connectivity index (χ3v) is 5.30. The number of carbonyl (C=O) groups excluding carboxylic acids is 1. The molecule has 2 aromatic carbocycles. The number of amides is 1. The van der Waals surface area contributed by atoms with Gasteiger partial charge >= 0.3 is 6.18 Å². The second kappa shape index (κ2) is 9.23. The van der Waals surface area contributed by atoms with E-state index in [1.165, 1.54) is 12.1 Å². The van der Waals surface area contributed by atoms with E-state index in [0.29, 0.717) is 11.0 Å². The number of alkyl halides is 3. The summed E-state index contributed by atoms with van der Waals surface area (Å²) in [7, 11) is 0. The van der Waals surface area contributed by atoms with E-state index in [0.717, 1.165) is 35.1 Å². The van der Waals surface area contributed by atoms with Gasteiger partial charge in [0, 0.05) is 29.3 Å². The molecular formula is C22H16F3N5OS. The van der Waals surface area contributed by atoms with Crippen molar-refractivity contribution in [3.63, 3.8) is 0 Å². The quantitative estimate of drug-likeness (QED) is 0.411. The first-order chi connectivity index (χ1) is 15.4. The molecule has 0 spiro atoms. The average Bonchev–Trinajstić information content (AvgIpc) is 3.22. The Balaban J connectivity index is 1.54. The molecule has 0 unspecified atom stereocenters. The first kappa shape index (κ1) is 21.6. The molecule has 0 bridgehead atoms. The molecule has 0 fully saturated rings. The Morgan fingerprint density at radius 1 is 1.00 bits per heavy atom. The van der Waals surface area contributed by atoms with E-state index in [9.17, 15) is 18.0 Å². The van der Waals surface area contributed by atoms with Crippen molar-refractivity contribution in [2.75, 3.05) is 11.1 Å². The van der Waals surface area contributed by atoms with Crippen molar-refractivity contribution >= 4 is 23.4 Å². The van der Waals surface area contributed by atoms with Crippen LogP contribution in [0.4, 0.5) is 18.9 Å². The summed E-state index contributed by atoms with van der Waals surface area (Å²) in [4.78, 5) is 16.5. The van der Waals surface area contributed by atoms with Crippen LogP contribution in [0, 0.1) is 0 Å². The third kappa shape index (κ3) is 4.97. The number of anilines is 1. The predicted molar refractivity (Wildman–Crippen MR) is 115 cm³/mol. The molecule has 0 atom stereocenters. The number of halogens is 3. The van der Waals surface area contributed by atoms with Crippen LogP contribution in [0.25, 0.3) is 17.1 Å². The Morgan fingerprint density at radius 2 is 1.81 bits per heavy atom. The highest BCUT2D eigenvalue weighted by atomic mass is 32.2. The van der Waals surface area contributed by atoms with Crippen LogP contribution in [0.3, 0.4) is 0 Å². The van der Waals surface area contributed by atoms with Crippen molar-refractivity contribution in [2.45, 2.75) is 11.3 Å². The summed E-state index contributed by atoms with van der Waals surface area (Å²) in [5, 5.41) is 11.4. The molecular weight excluding hydrogens is 439 g/mol. The Bertz CT molecular complexity index is 1210. The summed E-state index contributed by atoms with van der Waals surface area (Å²) >= 11 is 1.13.